The fourth-order valence-corrected chi connectivity index (χ4v) is 1.10. The average Bonchev–Trinajstić information content (AvgIpc) is 2.03. The standard InChI is InChI=1S/C10H15FN2/c1-10(2,13)9(12)7-3-5-8(11)6-4-7/h3-6,9H,12-13H2,1-2H3. The van der Waals surface area contributed by atoms with E-state index >= 15 is 0 Å². The van der Waals surface area contributed by atoms with Crippen molar-refractivity contribution < 1.29 is 4.39 Å². The minimum Gasteiger partial charge on any atom is -0.324 e. The van der Waals surface area contributed by atoms with E-state index in [1.54, 1.807) is 12.1 Å². The largest absolute Gasteiger partial charge is 0.324 e. The third-order valence-electron chi connectivity index (χ3n) is 2.03. The maximum Gasteiger partial charge on any atom is 0.123 e. The Morgan fingerprint density at radius 2 is 1.69 bits per heavy atom. The molecule has 1 aromatic carbocycles. The molecule has 4 N–H and O–H groups in total. The number of halogens is 1. The van der Waals surface area contributed by atoms with E-state index in [1.165, 1.54) is 12.1 Å². The van der Waals surface area contributed by atoms with Crippen molar-refractivity contribution >= 4 is 0 Å². The summed E-state index contributed by atoms with van der Waals surface area (Å²) < 4.78 is 12.6. The maximum atomic E-state index is 12.6. The van der Waals surface area contributed by atoms with Gasteiger partial charge >= 0.3 is 0 Å². The zero-order chi connectivity index (χ0) is 10.1. The van der Waals surface area contributed by atoms with Gasteiger partial charge in [-0.05, 0) is 31.5 Å². The second-order valence-electron chi connectivity index (χ2n) is 3.85. The first-order valence-electron chi connectivity index (χ1n) is 4.21. The molecule has 0 bridgehead atoms. The van der Waals surface area contributed by atoms with Crippen molar-refractivity contribution in [2.24, 2.45) is 11.5 Å². The Labute approximate surface area is 77.7 Å². The minimum atomic E-state index is -0.488. The molecule has 72 valence electrons. The van der Waals surface area contributed by atoms with E-state index in [9.17, 15) is 4.39 Å². The minimum absolute atomic E-state index is 0.259. The van der Waals surface area contributed by atoms with Crippen LogP contribution in [-0.2, 0) is 0 Å². The van der Waals surface area contributed by atoms with Crippen LogP contribution in [0.2, 0.25) is 0 Å². The lowest BCUT2D eigenvalue weighted by Crippen LogP contribution is -2.43. The molecule has 0 spiro atoms. The third-order valence-corrected chi connectivity index (χ3v) is 2.03. The van der Waals surface area contributed by atoms with Crippen LogP contribution in [0.5, 0.6) is 0 Å². The molecule has 1 rings (SSSR count). The lowest BCUT2D eigenvalue weighted by molar-refractivity contribution is 0.420. The fourth-order valence-electron chi connectivity index (χ4n) is 1.10. The van der Waals surface area contributed by atoms with Crippen molar-refractivity contribution in [3.05, 3.63) is 35.6 Å². The number of rotatable bonds is 2. The van der Waals surface area contributed by atoms with Gasteiger partial charge in [-0.3, -0.25) is 0 Å². The first-order valence-corrected chi connectivity index (χ1v) is 4.21. The fraction of sp³-hybridized carbons (Fsp3) is 0.400. The van der Waals surface area contributed by atoms with Crippen molar-refractivity contribution in [2.45, 2.75) is 25.4 Å². The van der Waals surface area contributed by atoms with Crippen molar-refractivity contribution in [3.8, 4) is 0 Å². The first-order chi connectivity index (χ1) is 5.91. The summed E-state index contributed by atoms with van der Waals surface area (Å²) in [5.41, 5.74) is 12.1. The molecule has 0 aliphatic rings. The Morgan fingerprint density at radius 3 is 2.08 bits per heavy atom. The molecule has 0 aliphatic heterocycles. The SMILES string of the molecule is CC(C)(N)C(N)c1ccc(F)cc1. The Balaban J connectivity index is 2.90. The zero-order valence-electron chi connectivity index (χ0n) is 7.92. The van der Waals surface area contributed by atoms with Crippen LogP contribution in [0.4, 0.5) is 4.39 Å². The van der Waals surface area contributed by atoms with Crippen LogP contribution in [0.15, 0.2) is 24.3 Å². The molecular weight excluding hydrogens is 167 g/mol. The molecule has 1 atom stereocenters. The van der Waals surface area contributed by atoms with Crippen LogP contribution in [0.3, 0.4) is 0 Å². The predicted molar refractivity (Wildman–Crippen MR) is 51.6 cm³/mol. The third kappa shape index (κ3) is 2.50. The molecule has 0 heterocycles. The monoisotopic (exact) mass is 182 g/mol. The molecule has 0 aliphatic carbocycles. The molecule has 0 saturated heterocycles. The van der Waals surface area contributed by atoms with E-state index in [1.807, 2.05) is 13.8 Å². The molecule has 0 saturated carbocycles. The van der Waals surface area contributed by atoms with E-state index in [2.05, 4.69) is 0 Å². The van der Waals surface area contributed by atoms with Crippen LogP contribution >= 0.6 is 0 Å². The zero-order valence-corrected chi connectivity index (χ0v) is 7.92. The average molecular weight is 182 g/mol. The lowest BCUT2D eigenvalue weighted by atomic mass is 9.90. The number of benzene rings is 1. The van der Waals surface area contributed by atoms with Gasteiger partial charge in [-0.25, -0.2) is 4.39 Å². The van der Waals surface area contributed by atoms with Crippen molar-refractivity contribution in [1.29, 1.82) is 0 Å². The van der Waals surface area contributed by atoms with Gasteiger partial charge in [0, 0.05) is 11.6 Å². The van der Waals surface area contributed by atoms with Crippen molar-refractivity contribution in [2.75, 3.05) is 0 Å². The summed E-state index contributed by atoms with van der Waals surface area (Å²) >= 11 is 0. The number of nitrogens with two attached hydrogens (primary N) is 2. The van der Waals surface area contributed by atoms with Crippen LogP contribution < -0.4 is 11.5 Å². The van der Waals surface area contributed by atoms with Gasteiger partial charge in [0.15, 0.2) is 0 Å². The molecule has 0 aromatic heterocycles. The molecule has 1 aromatic rings. The highest BCUT2D eigenvalue weighted by molar-refractivity contribution is 5.22. The van der Waals surface area contributed by atoms with Gasteiger partial charge in [-0.15, -0.1) is 0 Å². The number of hydrogen-bond acceptors (Lipinski definition) is 2. The smallest absolute Gasteiger partial charge is 0.123 e. The van der Waals surface area contributed by atoms with Crippen LogP contribution in [0.1, 0.15) is 25.5 Å². The van der Waals surface area contributed by atoms with Gasteiger partial charge in [0.25, 0.3) is 0 Å². The Hall–Kier alpha value is -0.930. The molecule has 3 heteroatoms. The second kappa shape index (κ2) is 3.44. The summed E-state index contributed by atoms with van der Waals surface area (Å²) in [6, 6.07) is 5.83. The van der Waals surface area contributed by atoms with Gasteiger partial charge in [0.05, 0.1) is 0 Å². The van der Waals surface area contributed by atoms with Gasteiger partial charge in [-0.2, -0.15) is 0 Å². The molecule has 0 amide bonds. The Bertz CT molecular complexity index is 274. The lowest BCUT2D eigenvalue weighted by Gasteiger charge is -2.27. The van der Waals surface area contributed by atoms with E-state index < -0.39 is 5.54 Å². The van der Waals surface area contributed by atoms with E-state index in [4.69, 9.17) is 11.5 Å². The van der Waals surface area contributed by atoms with Gasteiger partial charge in [0.1, 0.15) is 5.82 Å². The highest BCUT2D eigenvalue weighted by Gasteiger charge is 2.22. The highest BCUT2D eigenvalue weighted by Crippen LogP contribution is 2.20. The summed E-state index contributed by atoms with van der Waals surface area (Å²) in [5.74, 6) is -0.259. The second-order valence-corrected chi connectivity index (χ2v) is 3.85. The first kappa shape index (κ1) is 10.2. The molecule has 1 unspecified atom stereocenters. The Kier molecular flexibility index (Phi) is 2.68. The topological polar surface area (TPSA) is 52.0 Å². The number of hydrogen-bond donors (Lipinski definition) is 2. The van der Waals surface area contributed by atoms with E-state index in [0.29, 0.717) is 0 Å². The normalized spacial score (nSPS) is 14.2. The van der Waals surface area contributed by atoms with Crippen molar-refractivity contribution in [3.63, 3.8) is 0 Å². The van der Waals surface area contributed by atoms with Crippen molar-refractivity contribution in [1.82, 2.24) is 0 Å². The van der Waals surface area contributed by atoms with Gasteiger partial charge in [-0.1, -0.05) is 12.1 Å². The van der Waals surface area contributed by atoms with Crippen LogP contribution in [0, 0.1) is 5.82 Å². The summed E-state index contributed by atoms with van der Waals surface area (Å²) in [7, 11) is 0. The van der Waals surface area contributed by atoms with E-state index in [-0.39, 0.29) is 11.9 Å². The maximum absolute atomic E-state index is 12.6. The highest BCUT2D eigenvalue weighted by atomic mass is 19.1. The molecule has 2 nitrogen and oxygen atoms in total. The van der Waals surface area contributed by atoms with Gasteiger partial charge < -0.3 is 11.5 Å². The predicted octanol–water partition coefficient (Wildman–Crippen LogP) is 1.56. The van der Waals surface area contributed by atoms with E-state index in [0.717, 1.165) is 5.56 Å². The quantitative estimate of drug-likeness (QED) is 0.729. The Morgan fingerprint density at radius 1 is 1.23 bits per heavy atom. The molecule has 13 heavy (non-hydrogen) atoms. The van der Waals surface area contributed by atoms with Gasteiger partial charge in [0.2, 0.25) is 0 Å². The summed E-state index contributed by atoms with van der Waals surface area (Å²) in [4.78, 5) is 0. The summed E-state index contributed by atoms with van der Waals surface area (Å²) in [5, 5.41) is 0. The summed E-state index contributed by atoms with van der Waals surface area (Å²) in [6.45, 7) is 3.70. The van der Waals surface area contributed by atoms with Crippen LogP contribution in [0.25, 0.3) is 0 Å². The molecular formula is C10H15FN2. The molecule has 0 radical (unpaired) electrons. The van der Waals surface area contributed by atoms with Crippen LogP contribution in [-0.4, -0.2) is 5.54 Å². The molecule has 0 fully saturated rings. The summed E-state index contributed by atoms with van der Waals surface area (Å²) in [6.07, 6.45) is 0.